The first-order chi connectivity index (χ1) is 13.6. The molecule has 0 aliphatic heterocycles. The Kier molecular flexibility index (Phi) is 6.36. The van der Waals surface area contributed by atoms with Crippen LogP contribution in [0.25, 0.3) is 11.1 Å². The molecule has 0 fully saturated rings. The number of nitrogens with one attached hydrogen (secondary N) is 1. The van der Waals surface area contributed by atoms with Crippen LogP contribution in [0.2, 0.25) is 0 Å². The maximum atomic E-state index is 12.8. The fraction of sp³-hybridized carbons (Fsp3) is 0.0909. The zero-order valence-electron chi connectivity index (χ0n) is 14.9. The average molecular weight is 379 g/mol. The number of hydrogen-bond donors (Lipinski definition) is 1. The van der Waals surface area contributed by atoms with E-state index in [9.17, 15) is 14.0 Å². The van der Waals surface area contributed by atoms with Gasteiger partial charge in [0.25, 0.3) is 5.91 Å². The number of hydrogen-bond acceptors (Lipinski definition) is 4. The molecule has 3 rings (SSSR count). The van der Waals surface area contributed by atoms with Crippen LogP contribution in [0.4, 0.5) is 10.1 Å². The number of esters is 1. The van der Waals surface area contributed by atoms with Crippen molar-refractivity contribution >= 4 is 17.6 Å². The first-order valence-corrected chi connectivity index (χ1v) is 8.59. The van der Waals surface area contributed by atoms with Crippen molar-refractivity contribution < 1.29 is 23.5 Å². The molecule has 1 N–H and O–H groups in total. The topological polar surface area (TPSA) is 64.6 Å². The predicted octanol–water partition coefficient (Wildman–Crippen LogP) is 4.05. The number of ether oxygens (including phenoxy) is 2. The molecule has 0 bridgehead atoms. The van der Waals surface area contributed by atoms with E-state index in [4.69, 9.17) is 9.47 Å². The summed E-state index contributed by atoms with van der Waals surface area (Å²) < 4.78 is 23.1. The molecule has 0 aliphatic carbocycles. The van der Waals surface area contributed by atoms with E-state index in [1.807, 2.05) is 42.5 Å². The second-order valence-electron chi connectivity index (χ2n) is 5.89. The van der Waals surface area contributed by atoms with E-state index in [2.05, 4.69) is 5.32 Å². The molecule has 1 amide bonds. The van der Waals surface area contributed by atoms with E-state index in [-0.39, 0.29) is 6.61 Å². The van der Waals surface area contributed by atoms with Gasteiger partial charge in [0.05, 0.1) is 0 Å². The summed E-state index contributed by atoms with van der Waals surface area (Å²) in [6.45, 7) is -0.763. The lowest BCUT2D eigenvalue weighted by molar-refractivity contribution is -0.149. The lowest BCUT2D eigenvalue weighted by Crippen LogP contribution is -2.23. The van der Waals surface area contributed by atoms with Gasteiger partial charge in [-0.2, -0.15) is 0 Å². The minimum atomic E-state index is -0.665. The van der Waals surface area contributed by atoms with E-state index < -0.39 is 24.3 Å². The minimum Gasteiger partial charge on any atom is -0.482 e. The van der Waals surface area contributed by atoms with Gasteiger partial charge in [0.1, 0.15) is 11.6 Å². The molecule has 3 aromatic carbocycles. The number of benzene rings is 3. The summed E-state index contributed by atoms with van der Waals surface area (Å²) in [4.78, 5) is 23.5. The quantitative estimate of drug-likeness (QED) is 0.629. The van der Waals surface area contributed by atoms with Crippen molar-refractivity contribution in [1.82, 2.24) is 0 Å². The second-order valence-corrected chi connectivity index (χ2v) is 5.89. The fourth-order valence-electron chi connectivity index (χ4n) is 2.43. The van der Waals surface area contributed by atoms with Crippen molar-refractivity contribution in [2.24, 2.45) is 0 Å². The van der Waals surface area contributed by atoms with Crippen LogP contribution < -0.4 is 10.1 Å². The van der Waals surface area contributed by atoms with Gasteiger partial charge in [-0.25, -0.2) is 9.18 Å². The smallest absolute Gasteiger partial charge is 0.344 e. The highest BCUT2D eigenvalue weighted by atomic mass is 19.1. The summed E-state index contributed by atoms with van der Waals surface area (Å²) in [5.41, 5.74) is 2.53. The van der Waals surface area contributed by atoms with Crippen LogP contribution in [0.5, 0.6) is 5.75 Å². The van der Waals surface area contributed by atoms with Crippen LogP contribution in [-0.2, 0) is 14.3 Å². The maximum absolute atomic E-state index is 12.8. The van der Waals surface area contributed by atoms with Crippen LogP contribution in [0, 0.1) is 5.82 Å². The van der Waals surface area contributed by atoms with E-state index in [1.54, 1.807) is 12.1 Å². The summed E-state index contributed by atoms with van der Waals surface area (Å²) in [7, 11) is 0. The van der Waals surface area contributed by atoms with E-state index in [1.165, 1.54) is 24.3 Å². The Morgan fingerprint density at radius 2 is 1.43 bits per heavy atom. The van der Waals surface area contributed by atoms with E-state index >= 15 is 0 Å². The molecule has 0 heterocycles. The number of amides is 1. The summed E-state index contributed by atoms with van der Waals surface area (Å²) in [6, 6.07) is 22.5. The lowest BCUT2D eigenvalue weighted by Gasteiger charge is -2.08. The van der Waals surface area contributed by atoms with Gasteiger partial charge in [-0.15, -0.1) is 0 Å². The SMILES string of the molecule is O=C(COC(=O)COc1ccc(-c2ccccc2)cc1)Nc1ccc(F)cc1. The van der Waals surface area contributed by atoms with Crippen LogP contribution in [0.15, 0.2) is 78.9 Å². The second kappa shape index (κ2) is 9.32. The van der Waals surface area contributed by atoms with Crippen LogP contribution in [0.3, 0.4) is 0 Å². The molecule has 0 saturated heterocycles. The Hall–Kier alpha value is -3.67. The molecule has 0 saturated carbocycles. The van der Waals surface area contributed by atoms with Crippen LogP contribution >= 0.6 is 0 Å². The Balaban J connectivity index is 1.41. The van der Waals surface area contributed by atoms with Gasteiger partial charge in [-0.1, -0.05) is 42.5 Å². The Labute approximate surface area is 161 Å². The predicted molar refractivity (Wildman–Crippen MR) is 103 cm³/mol. The lowest BCUT2D eigenvalue weighted by atomic mass is 10.1. The molecule has 0 spiro atoms. The van der Waals surface area contributed by atoms with Gasteiger partial charge in [-0.3, -0.25) is 4.79 Å². The van der Waals surface area contributed by atoms with Gasteiger partial charge in [0.15, 0.2) is 13.2 Å². The van der Waals surface area contributed by atoms with Crippen molar-refractivity contribution in [2.75, 3.05) is 18.5 Å². The highest BCUT2D eigenvalue weighted by molar-refractivity contribution is 5.92. The molecule has 142 valence electrons. The Bertz CT molecular complexity index is 925. The maximum Gasteiger partial charge on any atom is 0.344 e. The number of anilines is 1. The largest absolute Gasteiger partial charge is 0.482 e. The molecule has 5 nitrogen and oxygen atoms in total. The van der Waals surface area contributed by atoms with Crippen molar-refractivity contribution in [3.63, 3.8) is 0 Å². The molecular formula is C22H18FNO4. The van der Waals surface area contributed by atoms with Crippen molar-refractivity contribution in [1.29, 1.82) is 0 Å². The third kappa shape index (κ3) is 5.67. The van der Waals surface area contributed by atoms with Gasteiger partial charge >= 0.3 is 5.97 Å². The van der Waals surface area contributed by atoms with Gasteiger partial charge in [-0.05, 0) is 47.5 Å². The average Bonchev–Trinajstić information content (AvgIpc) is 2.73. The first kappa shape index (κ1) is 19.1. The zero-order chi connectivity index (χ0) is 19.8. The standard InChI is InChI=1S/C22H18FNO4/c23-18-8-10-19(11-9-18)24-21(25)14-28-22(26)15-27-20-12-6-17(7-13-20)16-4-2-1-3-5-16/h1-13H,14-15H2,(H,24,25). The molecule has 6 heteroatoms. The Morgan fingerprint density at radius 1 is 0.786 bits per heavy atom. The van der Waals surface area contributed by atoms with Gasteiger partial charge in [0.2, 0.25) is 0 Å². The van der Waals surface area contributed by atoms with E-state index in [0.717, 1.165) is 11.1 Å². The third-order valence-corrected chi connectivity index (χ3v) is 3.81. The van der Waals surface area contributed by atoms with E-state index in [0.29, 0.717) is 11.4 Å². The number of rotatable bonds is 7. The Morgan fingerprint density at radius 3 is 2.11 bits per heavy atom. The third-order valence-electron chi connectivity index (χ3n) is 3.81. The monoisotopic (exact) mass is 379 g/mol. The molecule has 0 atom stereocenters. The van der Waals surface area contributed by atoms with Crippen LogP contribution in [-0.4, -0.2) is 25.1 Å². The summed E-state index contributed by atoms with van der Waals surface area (Å²) in [6.07, 6.45) is 0. The molecule has 28 heavy (non-hydrogen) atoms. The fourth-order valence-corrected chi connectivity index (χ4v) is 2.43. The number of carbonyl (C=O) groups is 2. The van der Waals surface area contributed by atoms with Gasteiger partial charge in [0, 0.05) is 5.69 Å². The normalized spacial score (nSPS) is 10.2. The molecule has 0 radical (unpaired) electrons. The molecule has 0 aliphatic rings. The molecule has 0 aromatic heterocycles. The summed E-state index contributed by atoms with van der Waals surface area (Å²) in [5, 5.41) is 2.50. The summed E-state index contributed by atoms with van der Waals surface area (Å²) >= 11 is 0. The summed E-state index contributed by atoms with van der Waals surface area (Å²) in [5.74, 6) is -1.07. The van der Waals surface area contributed by atoms with Crippen molar-refractivity contribution in [3.05, 3.63) is 84.7 Å². The first-order valence-electron chi connectivity index (χ1n) is 8.59. The highest BCUT2D eigenvalue weighted by Crippen LogP contribution is 2.22. The molecule has 3 aromatic rings. The van der Waals surface area contributed by atoms with Crippen molar-refractivity contribution in [3.8, 4) is 16.9 Å². The number of halogens is 1. The molecular weight excluding hydrogens is 361 g/mol. The highest BCUT2D eigenvalue weighted by Gasteiger charge is 2.09. The molecule has 0 unspecified atom stereocenters. The van der Waals surface area contributed by atoms with Crippen LogP contribution in [0.1, 0.15) is 0 Å². The zero-order valence-corrected chi connectivity index (χ0v) is 14.9. The minimum absolute atomic E-state index is 0.311. The van der Waals surface area contributed by atoms with Gasteiger partial charge < -0.3 is 14.8 Å². The van der Waals surface area contributed by atoms with Crippen molar-refractivity contribution in [2.45, 2.75) is 0 Å². The number of carbonyl (C=O) groups excluding carboxylic acids is 2.